The van der Waals surface area contributed by atoms with Gasteiger partial charge in [0.25, 0.3) is 0 Å². The maximum absolute atomic E-state index is 10.1. The minimum absolute atomic E-state index is 0.376. The summed E-state index contributed by atoms with van der Waals surface area (Å²) in [6, 6.07) is 13.7. The smallest absolute Gasteiger partial charge is 0.122 e. The van der Waals surface area contributed by atoms with Crippen molar-refractivity contribution in [3.05, 3.63) is 64.2 Å². The van der Waals surface area contributed by atoms with E-state index in [-0.39, 0.29) is 0 Å². The topological polar surface area (TPSA) is 20.2 Å². The standard InChI is InChI=1S/C15H15ClO/c1-2-12-9-14(16)10-13(15(12)17)8-11-6-4-3-5-7-11/h3-7,9-10,17H,2,8H2,1H3. The van der Waals surface area contributed by atoms with Crippen LogP contribution in [-0.4, -0.2) is 5.11 Å². The van der Waals surface area contributed by atoms with Gasteiger partial charge in [-0.1, -0.05) is 48.9 Å². The monoisotopic (exact) mass is 246 g/mol. The van der Waals surface area contributed by atoms with Crippen molar-refractivity contribution in [2.45, 2.75) is 19.8 Å². The first-order valence-electron chi connectivity index (χ1n) is 5.75. The van der Waals surface area contributed by atoms with Crippen LogP contribution in [0.2, 0.25) is 5.02 Å². The van der Waals surface area contributed by atoms with E-state index in [1.807, 2.05) is 49.4 Å². The largest absolute Gasteiger partial charge is 0.507 e. The maximum atomic E-state index is 10.1. The molecule has 0 amide bonds. The molecule has 0 bridgehead atoms. The Morgan fingerprint density at radius 2 is 1.71 bits per heavy atom. The molecule has 0 atom stereocenters. The fourth-order valence-electron chi connectivity index (χ4n) is 1.94. The van der Waals surface area contributed by atoms with Gasteiger partial charge in [-0.25, -0.2) is 0 Å². The van der Waals surface area contributed by atoms with Crippen LogP contribution in [0.1, 0.15) is 23.6 Å². The van der Waals surface area contributed by atoms with Gasteiger partial charge in [-0.15, -0.1) is 0 Å². The molecule has 0 unspecified atom stereocenters. The highest BCUT2D eigenvalue weighted by Crippen LogP contribution is 2.29. The van der Waals surface area contributed by atoms with Crippen LogP contribution >= 0.6 is 11.6 Å². The lowest BCUT2D eigenvalue weighted by Crippen LogP contribution is -1.92. The fraction of sp³-hybridized carbons (Fsp3) is 0.200. The molecular formula is C15H15ClO. The van der Waals surface area contributed by atoms with Gasteiger partial charge in [0, 0.05) is 11.4 Å². The minimum atomic E-state index is 0.376. The van der Waals surface area contributed by atoms with Crippen LogP contribution < -0.4 is 0 Å². The highest BCUT2D eigenvalue weighted by atomic mass is 35.5. The van der Waals surface area contributed by atoms with Crippen LogP contribution in [0.4, 0.5) is 0 Å². The van der Waals surface area contributed by atoms with Crippen molar-refractivity contribution in [3.8, 4) is 5.75 Å². The van der Waals surface area contributed by atoms with Crippen LogP contribution in [0, 0.1) is 0 Å². The predicted octanol–water partition coefficient (Wildman–Crippen LogP) is 4.20. The van der Waals surface area contributed by atoms with Gasteiger partial charge in [-0.05, 0) is 35.2 Å². The Balaban J connectivity index is 2.36. The van der Waals surface area contributed by atoms with Gasteiger partial charge in [0.05, 0.1) is 0 Å². The maximum Gasteiger partial charge on any atom is 0.122 e. The third-order valence-corrected chi connectivity index (χ3v) is 3.07. The quantitative estimate of drug-likeness (QED) is 0.861. The molecule has 0 aromatic heterocycles. The molecule has 0 aliphatic rings. The van der Waals surface area contributed by atoms with Crippen LogP contribution in [-0.2, 0) is 12.8 Å². The number of phenols is 1. The zero-order valence-electron chi connectivity index (χ0n) is 9.78. The Morgan fingerprint density at radius 3 is 2.35 bits per heavy atom. The summed E-state index contributed by atoms with van der Waals surface area (Å²) in [5.41, 5.74) is 2.97. The Kier molecular flexibility index (Phi) is 3.70. The van der Waals surface area contributed by atoms with E-state index in [2.05, 4.69) is 0 Å². The second kappa shape index (κ2) is 5.24. The van der Waals surface area contributed by atoms with Gasteiger partial charge in [-0.2, -0.15) is 0 Å². The predicted molar refractivity (Wildman–Crippen MR) is 71.7 cm³/mol. The molecule has 17 heavy (non-hydrogen) atoms. The molecule has 1 N–H and O–H groups in total. The first-order valence-corrected chi connectivity index (χ1v) is 6.12. The van der Waals surface area contributed by atoms with Crippen LogP contribution in [0.25, 0.3) is 0 Å². The number of hydrogen-bond acceptors (Lipinski definition) is 1. The summed E-state index contributed by atoms with van der Waals surface area (Å²) in [5.74, 6) is 0.376. The second-order valence-corrected chi connectivity index (χ2v) is 4.53. The molecule has 2 rings (SSSR count). The number of aryl methyl sites for hydroxylation is 1. The molecule has 0 aliphatic heterocycles. The molecule has 0 saturated heterocycles. The average molecular weight is 247 g/mol. The first-order chi connectivity index (χ1) is 8.20. The van der Waals surface area contributed by atoms with Crippen molar-refractivity contribution in [1.82, 2.24) is 0 Å². The lowest BCUT2D eigenvalue weighted by Gasteiger charge is -2.09. The van der Waals surface area contributed by atoms with E-state index in [9.17, 15) is 5.11 Å². The van der Waals surface area contributed by atoms with Gasteiger partial charge in [0.1, 0.15) is 5.75 Å². The molecule has 0 fully saturated rings. The Morgan fingerprint density at radius 1 is 1.06 bits per heavy atom. The summed E-state index contributed by atoms with van der Waals surface area (Å²) in [6.45, 7) is 2.01. The van der Waals surface area contributed by atoms with Crippen molar-refractivity contribution in [2.24, 2.45) is 0 Å². The first kappa shape index (κ1) is 12.0. The Bertz CT molecular complexity index is 506. The number of phenolic OH excluding ortho intramolecular Hbond substituents is 1. The fourth-order valence-corrected chi connectivity index (χ4v) is 2.20. The molecule has 0 spiro atoms. The normalized spacial score (nSPS) is 10.5. The van der Waals surface area contributed by atoms with Gasteiger partial charge >= 0.3 is 0 Å². The number of rotatable bonds is 3. The third-order valence-electron chi connectivity index (χ3n) is 2.85. The number of hydrogen-bond donors (Lipinski definition) is 1. The van der Waals surface area contributed by atoms with Gasteiger partial charge < -0.3 is 5.11 Å². The highest BCUT2D eigenvalue weighted by Gasteiger charge is 2.08. The van der Waals surface area contributed by atoms with E-state index in [1.165, 1.54) is 5.56 Å². The number of benzene rings is 2. The van der Waals surface area contributed by atoms with Gasteiger partial charge in [0.15, 0.2) is 0 Å². The van der Waals surface area contributed by atoms with Crippen molar-refractivity contribution in [2.75, 3.05) is 0 Å². The van der Waals surface area contributed by atoms with E-state index >= 15 is 0 Å². The summed E-state index contributed by atoms with van der Waals surface area (Å²) in [7, 11) is 0. The third kappa shape index (κ3) is 2.80. The lowest BCUT2D eigenvalue weighted by molar-refractivity contribution is 0.463. The van der Waals surface area contributed by atoms with Crippen molar-refractivity contribution < 1.29 is 5.11 Å². The number of halogens is 1. The van der Waals surface area contributed by atoms with Crippen LogP contribution in [0.3, 0.4) is 0 Å². The molecule has 0 heterocycles. The molecule has 2 heteroatoms. The van der Waals surface area contributed by atoms with Crippen molar-refractivity contribution in [1.29, 1.82) is 0 Å². The number of aromatic hydroxyl groups is 1. The van der Waals surface area contributed by atoms with E-state index in [0.717, 1.165) is 17.5 Å². The van der Waals surface area contributed by atoms with E-state index in [4.69, 9.17) is 11.6 Å². The molecule has 2 aromatic rings. The molecule has 0 aliphatic carbocycles. The van der Waals surface area contributed by atoms with Crippen molar-refractivity contribution >= 4 is 11.6 Å². The van der Waals surface area contributed by atoms with Gasteiger partial charge in [-0.3, -0.25) is 0 Å². The van der Waals surface area contributed by atoms with Crippen molar-refractivity contribution in [3.63, 3.8) is 0 Å². The molecule has 88 valence electrons. The van der Waals surface area contributed by atoms with E-state index in [0.29, 0.717) is 17.2 Å². The minimum Gasteiger partial charge on any atom is -0.507 e. The Hall–Kier alpha value is -1.47. The molecule has 0 radical (unpaired) electrons. The zero-order chi connectivity index (χ0) is 12.3. The van der Waals surface area contributed by atoms with Crippen LogP contribution in [0.15, 0.2) is 42.5 Å². The van der Waals surface area contributed by atoms with Gasteiger partial charge in [0.2, 0.25) is 0 Å². The van der Waals surface area contributed by atoms with Crippen LogP contribution in [0.5, 0.6) is 5.75 Å². The lowest BCUT2D eigenvalue weighted by atomic mass is 10.0. The highest BCUT2D eigenvalue weighted by molar-refractivity contribution is 6.30. The van der Waals surface area contributed by atoms with E-state index in [1.54, 1.807) is 0 Å². The SMILES string of the molecule is CCc1cc(Cl)cc(Cc2ccccc2)c1O. The molecular weight excluding hydrogens is 232 g/mol. The van der Waals surface area contributed by atoms with E-state index < -0.39 is 0 Å². The summed E-state index contributed by atoms with van der Waals surface area (Å²) in [6.07, 6.45) is 1.49. The Labute approximate surface area is 107 Å². The molecule has 1 nitrogen and oxygen atoms in total. The second-order valence-electron chi connectivity index (χ2n) is 4.09. The average Bonchev–Trinajstić information content (AvgIpc) is 2.34. The summed E-state index contributed by atoms with van der Waals surface area (Å²) >= 11 is 6.06. The summed E-state index contributed by atoms with van der Waals surface area (Å²) in [4.78, 5) is 0. The molecule has 0 saturated carbocycles. The summed E-state index contributed by atoms with van der Waals surface area (Å²) in [5, 5.41) is 10.8. The summed E-state index contributed by atoms with van der Waals surface area (Å²) < 4.78 is 0. The zero-order valence-corrected chi connectivity index (χ0v) is 10.5. The molecule has 2 aromatic carbocycles.